The molecule has 0 aromatic heterocycles. The zero-order valence-corrected chi connectivity index (χ0v) is 16.5. The van der Waals surface area contributed by atoms with E-state index in [4.69, 9.17) is 9.84 Å². The van der Waals surface area contributed by atoms with E-state index >= 15 is 0 Å². The third kappa shape index (κ3) is 3.96. The van der Waals surface area contributed by atoms with Gasteiger partial charge < -0.3 is 15.0 Å². The lowest BCUT2D eigenvalue weighted by atomic mass is 10.1. The molecular formula is C20H27N5O3. The molecule has 4 rings (SSSR count). The molecule has 2 fully saturated rings. The van der Waals surface area contributed by atoms with E-state index in [0.29, 0.717) is 13.1 Å². The Morgan fingerprint density at radius 3 is 2.79 bits per heavy atom. The van der Waals surface area contributed by atoms with E-state index in [2.05, 4.69) is 34.4 Å². The summed E-state index contributed by atoms with van der Waals surface area (Å²) in [5.41, 5.74) is 4.39. The van der Waals surface area contributed by atoms with E-state index in [0.717, 1.165) is 50.4 Å². The number of fused-ring (bicyclic) bond motifs is 1. The maximum atomic E-state index is 12.2. The molecule has 1 atom stereocenters. The molecule has 28 heavy (non-hydrogen) atoms. The number of rotatable bonds is 4. The first kappa shape index (κ1) is 18.7. The van der Waals surface area contributed by atoms with Crippen LogP contribution >= 0.6 is 0 Å². The predicted molar refractivity (Wildman–Crippen MR) is 107 cm³/mol. The number of piperazine rings is 1. The van der Waals surface area contributed by atoms with Crippen molar-refractivity contribution in [1.82, 2.24) is 15.2 Å². The highest BCUT2D eigenvalue weighted by Crippen LogP contribution is 2.30. The number of hydrogen-bond acceptors (Lipinski definition) is 6. The lowest BCUT2D eigenvalue weighted by Crippen LogP contribution is -2.42. The van der Waals surface area contributed by atoms with E-state index < -0.39 is 0 Å². The normalized spacial score (nSPS) is 23.9. The fourth-order valence-electron chi connectivity index (χ4n) is 3.89. The van der Waals surface area contributed by atoms with Crippen molar-refractivity contribution >= 4 is 23.4 Å². The Morgan fingerprint density at radius 1 is 1.25 bits per heavy atom. The van der Waals surface area contributed by atoms with Crippen LogP contribution in [0, 0.1) is 0 Å². The van der Waals surface area contributed by atoms with Gasteiger partial charge in [0.15, 0.2) is 0 Å². The van der Waals surface area contributed by atoms with E-state index in [1.54, 1.807) is 4.90 Å². The molecule has 3 aliphatic rings. The van der Waals surface area contributed by atoms with Gasteiger partial charge in [-0.2, -0.15) is 5.10 Å². The summed E-state index contributed by atoms with van der Waals surface area (Å²) in [5.74, 6) is -0.126. The number of likely N-dealkylation sites (N-methyl/N-ethyl adjacent to an activating group) is 1. The largest absolute Gasteiger partial charge is 0.442 e. The SMILES string of the molecule is CC(=O)NCC1CN(c2ccc3c(c2)CCC3=NN2CCN(C)CC2)C(=O)O1. The summed E-state index contributed by atoms with van der Waals surface area (Å²) in [7, 11) is 2.14. The molecular weight excluding hydrogens is 358 g/mol. The zero-order chi connectivity index (χ0) is 19.7. The zero-order valence-electron chi connectivity index (χ0n) is 16.5. The Morgan fingerprint density at radius 2 is 2.04 bits per heavy atom. The number of cyclic esters (lactones) is 1. The van der Waals surface area contributed by atoms with Gasteiger partial charge in [0.25, 0.3) is 0 Å². The maximum absolute atomic E-state index is 12.2. The molecule has 1 N–H and O–H groups in total. The molecule has 0 saturated carbocycles. The number of anilines is 1. The summed E-state index contributed by atoms with van der Waals surface area (Å²) in [6.07, 6.45) is 1.19. The molecule has 2 aliphatic heterocycles. The number of hydrogen-bond donors (Lipinski definition) is 1. The Kier molecular flexibility index (Phi) is 5.21. The number of benzene rings is 1. The first-order valence-corrected chi connectivity index (χ1v) is 9.86. The van der Waals surface area contributed by atoms with Crippen molar-refractivity contribution in [2.75, 3.05) is 51.2 Å². The van der Waals surface area contributed by atoms with Crippen LogP contribution in [-0.2, 0) is 16.0 Å². The van der Waals surface area contributed by atoms with Crippen molar-refractivity contribution < 1.29 is 14.3 Å². The number of carbonyl (C=O) groups is 2. The van der Waals surface area contributed by atoms with Gasteiger partial charge in [-0.3, -0.25) is 14.7 Å². The number of aryl methyl sites for hydroxylation is 1. The topological polar surface area (TPSA) is 77.5 Å². The molecule has 0 radical (unpaired) electrons. The van der Waals surface area contributed by atoms with Gasteiger partial charge >= 0.3 is 6.09 Å². The van der Waals surface area contributed by atoms with Crippen LogP contribution in [0.15, 0.2) is 23.3 Å². The van der Waals surface area contributed by atoms with Crippen LogP contribution in [0.3, 0.4) is 0 Å². The van der Waals surface area contributed by atoms with Gasteiger partial charge in [0.2, 0.25) is 5.91 Å². The summed E-state index contributed by atoms with van der Waals surface area (Å²) in [6, 6.07) is 6.11. The third-order valence-electron chi connectivity index (χ3n) is 5.54. The van der Waals surface area contributed by atoms with E-state index in [-0.39, 0.29) is 18.1 Å². The van der Waals surface area contributed by atoms with E-state index in [9.17, 15) is 9.59 Å². The molecule has 2 amide bonds. The predicted octanol–water partition coefficient (Wildman–Crippen LogP) is 1.05. The minimum atomic E-state index is -0.361. The molecule has 1 unspecified atom stereocenters. The molecule has 1 aromatic rings. The van der Waals surface area contributed by atoms with Crippen LogP contribution in [-0.4, -0.2) is 80.0 Å². The quantitative estimate of drug-likeness (QED) is 0.838. The van der Waals surface area contributed by atoms with Gasteiger partial charge in [-0.25, -0.2) is 4.79 Å². The first-order chi connectivity index (χ1) is 13.5. The Balaban J connectivity index is 1.45. The first-order valence-electron chi connectivity index (χ1n) is 9.86. The van der Waals surface area contributed by atoms with Gasteiger partial charge in [-0.15, -0.1) is 0 Å². The van der Waals surface area contributed by atoms with Crippen LogP contribution in [0.4, 0.5) is 10.5 Å². The minimum Gasteiger partial charge on any atom is -0.442 e. The monoisotopic (exact) mass is 385 g/mol. The Labute approximate surface area is 165 Å². The molecule has 150 valence electrons. The van der Waals surface area contributed by atoms with Gasteiger partial charge in [-0.05, 0) is 37.6 Å². The molecule has 1 aliphatic carbocycles. The van der Waals surface area contributed by atoms with Gasteiger partial charge in [-0.1, -0.05) is 6.07 Å². The summed E-state index contributed by atoms with van der Waals surface area (Å²) in [4.78, 5) is 27.3. The summed E-state index contributed by atoms with van der Waals surface area (Å²) < 4.78 is 5.37. The second-order valence-electron chi connectivity index (χ2n) is 7.70. The van der Waals surface area contributed by atoms with Gasteiger partial charge in [0, 0.05) is 44.4 Å². The lowest BCUT2D eigenvalue weighted by molar-refractivity contribution is -0.119. The minimum absolute atomic E-state index is 0.126. The molecule has 1 aromatic carbocycles. The van der Waals surface area contributed by atoms with E-state index in [1.807, 2.05) is 6.07 Å². The number of carbonyl (C=O) groups excluding carboxylic acids is 2. The van der Waals surface area contributed by atoms with Crippen LogP contribution in [0.1, 0.15) is 24.5 Å². The number of nitrogens with zero attached hydrogens (tertiary/aromatic N) is 4. The van der Waals surface area contributed by atoms with Crippen molar-refractivity contribution in [2.45, 2.75) is 25.9 Å². The van der Waals surface area contributed by atoms with Gasteiger partial charge in [0.1, 0.15) is 6.10 Å². The van der Waals surface area contributed by atoms with Crippen molar-refractivity contribution in [3.05, 3.63) is 29.3 Å². The fraction of sp³-hybridized carbons (Fsp3) is 0.550. The van der Waals surface area contributed by atoms with Crippen molar-refractivity contribution in [2.24, 2.45) is 5.10 Å². The number of ether oxygens (including phenoxy) is 1. The fourth-order valence-corrected chi connectivity index (χ4v) is 3.89. The highest BCUT2D eigenvalue weighted by Gasteiger charge is 2.33. The van der Waals surface area contributed by atoms with E-state index in [1.165, 1.54) is 18.1 Å². The average Bonchev–Trinajstić information content (AvgIpc) is 3.25. The van der Waals surface area contributed by atoms with Crippen LogP contribution in [0.5, 0.6) is 0 Å². The second-order valence-corrected chi connectivity index (χ2v) is 7.70. The summed E-state index contributed by atoms with van der Waals surface area (Å²) in [5, 5.41) is 9.76. The smallest absolute Gasteiger partial charge is 0.414 e. The third-order valence-corrected chi connectivity index (χ3v) is 5.54. The maximum Gasteiger partial charge on any atom is 0.414 e. The second kappa shape index (κ2) is 7.79. The highest BCUT2D eigenvalue weighted by atomic mass is 16.6. The van der Waals surface area contributed by atoms with Gasteiger partial charge in [0.05, 0.1) is 18.8 Å². The molecule has 0 spiro atoms. The van der Waals surface area contributed by atoms with Crippen molar-refractivity contribution in [1.29, 1.82) is 0 Å². The lowest BCUT2D eigenvalue weighted by Gasteiger charge is -2.30. The molecule has 0 bridgehead atoms. The molecule has 2 saturated heterocycles. The summed E-state index contributed by atoms with van der Waals surface area (Å²) in [6.45, 7) is 6.24. The molecule has 8 nitrogen and oxygen atoms in total. The average molecular weight is 385 g/mol. The number of hydrazone groups is 1. The summed E-state index contributed by atoms with van der Waals surface area (Å²) >= 11 is 0. The molecule has 8 heteroatoms. The van der Waals surface area contributed by atoms with Crippen molar-refractivity contribution in [3.8, 4) is 0 Å². The van der Waals surface area contributed by atoms with Crippen LogP contribution < -0.4 is 10.2 Å². The Bertz CT molecular complexity index is 801. The van der Waals surface area contributed by atoms with Crippen molar-refractivity contribution in [3.63, 3.8) is 0 Å². The molecule has 2 heterocycles. The highest BCUT2D eigenvalue weighted by molar-refractivity contribution is 6.05. The number of nitrogens with one attached hydrogen (secondary N) is 1. The standard InChI is InChI=1S/C20H27N5O3/c1-14(26)21-12-17-13-25(20(27)28-17)16-4-5-18-15(11-16)3-6-19(18)22-24-9-7-23(2)8-10-24/h4-5,11,17H,3,6-10,12-13H2,1-2H3,(H,21,26). The Hall–Kier alpha value is -2.61. The van der Waals surface area contributed by atoms with Crippen LogP contribution in [0.25, 0.3) is 0 Å². The number of amides is 2. The van der Waals surface area contributed by atoms with Crippen LogP contribution in [0.2, 0.25) is 0 Å².